The standard InChI is InChI=1S/C17H21NO2S/c18-21(19,20)15-3-1-12(2-4-15)16-7-11-5-13-6-14(9-16)17(13,8-11)10-16/h1-4,11,13-14H,5-10H2,(H2,18,19,20). The first-order valence-electron chi connectivity index (χ1n) is 8.05. The highest BCUT2D eigenvalue weighted by atomic mass is 32.2. The number of hydrogen-bond acceptors (Lipinski definition) is 2. The zero-order valence-corrected chi connectivity index (χ0v) is 12.9. The lowest BCUT2D eigenvalue weighted by Gasteiger charge is -2.49. The summed E-state index contributed by atoms with van der Waals surface area (Å²) < 4.78 is 22.9. The number of nitrogens with two attached hydrogens (primary N) is 1. The van der Waals surface area contributed by atoms with Crippen LogP contribution in [-0.2, 0) is 15.4 Å². The Morgan fingerprint density at radius 3 is 2.48 bits per heavy atom. The van der Waals surface area contributed by atoms with Crippen LogP contribution in [0.4, 0.5) is 0 Å². The van der Waals surface area contributed by atoms with Gasteiger partial charge in [-0.15, -0.1) is 0 Å². The van der Waals surface area contributed by atoms with Crippen molar-refractivity contribution in [1.29, 1.82) is 0 Å². The number of benzene rings is 1. The number of rotatable bonds is 2. The van der Waals surface area contributed by atoms with Crippen molar-refractivity contribution < 1.29 is 8.42 Å². The quantitative estimate of drug-likeness (QED) is 0.913. The van der Waals surface area contributed by atoms with Crippen LogP contribution < -0.4 is 5.14 Å². The first-order valence-corrected chi connectivity index (χ1v) is 9.59. The number of fused-ring (bicyclic) bond motifs is 2. The SMILES string of the molecule is NS(=O)(=O)c1ccc(C23CC4CC5CC(C2)C5(C4)C3)cc1. The van der Waals surface area contributed by atoms with Crippen molar-refractivity contribution in [2.75, 3.05) is 0 Å². The molecule has 5 rings (SSSR count). The summed E-state index contributed by atoms with van der Waals surface area (Å²) in [7, 11) is -3.58. The largest absolute Gasteiger partial charge is 0.238 e. The minimum atomic E-state index is -3.58. The molecule has 5 unspecified atom stereocenters. The highest BCUT2D eigenvalue weighted by Crippen LogP contribution is 2.78. The van der Waals surface area contributed by atoms with Gasteiger partial charge in [-0.25, -0.2) is 13.6 Å². The second-order valence-electron chi connectivity index (χ2n) is 8.10. The molecule has 3 bridgehead atoms. The maximum Gasteiger partial charge on any atom is 0.238 e. The van der Waals surface area contributed by atoms with Crippen molar-refractivity contribution in [1.82, 2.24) is 0 Å². The van der Waals surface area contributed by atoms with Gasteiger partial charge in [0.2, 0.25) is 10.0 Å². The summed E-state index contributed by atoms with van der Waals surface area (Å²) in [6.45, 7) is 0. The van der Waals surface area contributed by atoms with Gasteiger partial charge < -0.3 is 0 Å². The van der Waals surface area contributed by atoms with Gasteiger partial charge >= 0.3 is 0 Å². The first kappa shape index (κ1) is 12.7. The van der Waals surface area contributed by atoms with Gasteiger partial charge in [-0.05, 0) is 84.8 Å². The Hall–Kier alpha value is -0.870. The molecule has 0 radical (unpaired) electrons. The third-order valence-electron chi connectivity index (χ3n) is 7.26. The van der Waals surface area contributed by atoms with Gasteiger partial charge in [0, 0.05) is 0 Å². The lowest BCUT2D eigenvalue weighted by molar-refractivity contribution is -0.000161. The molecule has 5 atom stereocenters. The third kappa shape index (κ3) is 1.45. The van der Waals surface area contributed by atoms with Crippen LogP contribution >= 0.6 is 0 Å². The Morgan fingerprint density at radius 1 is 1.00 bits per heavy atom. The molecule has 21 heavy (non-hydrogen) atoms. The zero-order chi connectivity index (χ0) is 14.5. The van der Waals surface area contributed by atoms with Gasteiger partial charge in [-0.1, -0.05) is 12.1 Å². The number of hydrogen-bond donors (Lipinski definition) is 1. The summed E-state index contributed by atoms with van der Waals surface area (Å²) in [5.41, 5.74) is 2.35. The maximum atomic E-state index is 11.4. The van der Waals surface area contributed by atoms with E-state index in [0.717, 1.165) is 17.8 Å². The van der Waals surface area contributed by atoms with E-state index in [1.807, 2.05) is 12.1 Å². The second-order valence-corrected chi connectivity index (χ2v) is 9.66. The van der Waals surface area contributed by atoms with E-state index in [1.54, 1.807) is 12.1 Å². The molecule has 112 valence electrons. The molecule has 0 amide bonds. The molecule has 1 spiro atoms. The maximum absolute atomic E-state index is 11.4. The van der Waals surface area contributed by atoms with Crippen LogP contribution in [0.3, 0.4) is 0 Å². The molecule has 4 aliphatic carbocycles. The summed E-state index contributed by atoms with van der Waals surface area (Å²) in [6, 6.07) is 7.46. The van der Waals surface area contributed by atoms with Gasteiger partial charge in [0.15, 0.2) is 0 Å². The van der Waals surface area contributed by atoms with Crippen LogP contribution in [0.5, 0.6) is 0 Å². The average Bonchev–Trinajstić information content (AvgIpc) is 2.74. The Kier molecular flexibility index (Phi) is 2.13. The van der Waals surface area contributed by atoms with E-state index in [0.29, 0.717) is 10.8 Å². The topological polar surface area (TPSA) is 60.2 Å². The first-order chi connectivity index (χ1) is 9.91. The molecule has 4 heteroatoms. The molecular weight excluding hydrogens is 282 g/mol. The van der Waals surface area contributed by atoms with E-state index in [-0.39, 0.29) is 4.90 Å². The summed E-state index contributed by atoms with van der Waals surface area (Å²) >= 11 is 0. The third-order valence-corrected chi connectivity index (χ3v) is 8.19. The Morgan fingerprint density at radius 2 is 1.76 bits per heavy atom. The Bertz CT molecular complexity index is 722. The zero-order valence-electron chi connectivity index (χ0n) is 12.1. The molecule has 4 aliphatic rings. The Labute approximate surface area is 126 Å². The molecule has 3 nitrogen and oxygen atoms in total. The van der Waals surface area contributed by atoms with Crippen LogP contribution in [0, 0.1) is 23.2 Å². The molecular formula is C17H21NO2S. The Balaban J connectivity index is 1.56. The second kappa shape index (κ2) is 3.54. The molecule has 1 aromatic carbocycles. The van der Waals surface area contributed by atoms with Crippen molar-refractivity contribution in [2.45, 2.75) is 48.8 Å². The number of sulfonamides is 1. The van der Waals surface area contributed by atoms with E-state index in [2.05, 4.69) is 0 Å². The normalized spacial score (nSPS) is 46.4. The van der Waals surface area contributed by atoms with Crippen molar-refractivity contribution in [3.05, 3.63) is 29.8 Å². The predicted octanol–water partition coefficient (Wildman–Crippen LogP) is 2.80. The number of primary sulfonamides is 1. The van der Waals surface area contributed by atoms with E-state index in [9.17, 15) is 8.42 Å². The molecule has 0 aromatic heterocycles. The molecule has 4 fully saturated rings. The van der Waals surface area contributed by atoms with Crippen LogP contribution in [0.25, 0.3) is 0 Å². The van der Waals surface area contributed by atoms with E-state index in [4.69, 9.17) is 5.14 Å². The van der Waals surface area contributed by atoms with Gasteiger partial charge in [0.25, 0.3) is 0 Å². The summed E-state index contributed by atoms with van der Waals surface area (Å²) in [6.07, 6.45) is 8.37. The van der Waals surface area contributed by atoms with Crippen molar-refractivity contribution in [3.8, 4) is 0 Å². The average molecular weight is 303 g/mol. The van der Waals surface area contributed by atoms with Crippen LogP contribution in [0.15, 0.2) is 29.2 Å². The van der Waals surface area contributed by atoms with Crippen LogP contribution in [0.1, 0.15) is 44.1 Å². The van der Waals surface area contributed by atoms with Gasteiger partial charge in [-0.3, -0.25) is 0 Å². The van der Waals surface area contributed by atoms with E-state index >= 15 is 0 Å². The highest BCUT2D eigenvalue weighted by Gasteiger charge is 2.70. The summed E-state index contributed by atoms with van der Waals surface area (Å²) in [5.74, 6) is 2.85. The molecule has 1 aromatic rings. The minimum absolute atomic E-state index is 0.235. The highest BCUT2D eigenvalue weighted by molar-refractivity contribution is 7.89. The fraction of sp³-hybridized carbons (Fsp3) is 0.647. The van der Waals surface area contributed by atoms with Crippen LogP contribution in [0.2, 0.25) is 0 Å². The molecule has 0 aliphatic heterocycles. The molecule has 0 heterocycles. The van der Waals surface area contributed by atoms with Crippen molar-refractivity contribution >= 4 is 10.0 Å². The van der Waals surface area contributed by atoms with Crippen molar-refractivity contribution in [3.63, 3.8) is 0 Å². The van der Waals surface area contributed by atoms with E-state index in [1.165, 1.54) is 44.1 Å². The fourth-order valence-electron chi connectivity index (χ4n) is 6.69. The smallest absolute Gasteiger partial charge is 0.225 e. The van der Waals surface area contributed by atoms with E-state index < -0.39 is 10.0 Å². The molecule has 0 saturated heterocycles. The lowest BCUT2D eigenvalue weighted by atomic mass is 9.55. The predicted molar refractivity (Wildman–Crippen MR) is 80.1 cm³/mol. The van der Waals surface area contributed by atoms with Gasteiger partial charge in [-0.2, -0.15) is 0 Å². The molecule has 2 N–H and O–H groups in total. The summed E-state index contributed by atoms with van der Waals surface area (Å²) in [4.78, 5) is 0.235. The van der Waals surface area contributed by atoms with Crippen molar-refractivity contribution in [2.24, 2.45) is 28.3 Å². The van der Waals surface area contributed by atoms with Crippen LogP contribution in [-0.4, -0.2) is 8.42 Å². The molecule has 4 saturated carbocycles. The van der Waals surface area contributed by atoms with Gasteiger partial charge in [0.05, 0.1) is 4.90 Å². The lowest BCUT2D eigenvalue weighted by Crippen LogP contribution is -2.42. The fourth-order valence-corrected chi connectivity index (χ4v) is 7.21. The monoisotopic (exact) mass is 303 g/mol. The summed E-state index contributed by atoms with van der Waals surface area (Å²) in [5, 5.41) is 5.21. The minimum Gasteiger partial charge on any atom is -0.225 e. The van der Waals surface area contributed by atoms with Gasteiger partial charge in [0.1, 0.15) is 0 Å².